The number of fused-ring (bicyclic) bond motifs is 1. The number of hydrogen-bond donors (Lipinski definition) is 1. The van der Waals surface area contributed by atoms with E-state index >= 15 is 0 Å². The highest BCUT2D eigenvalue weighted by molar-refractivity contribution is 5.97. The number of hydrogen-bond acceptors (Lipinski definition) is 2. The van der Waals surface area contributed by atoms with Gasteiger partial charge in [-0.05, 0) is 59.9 Å². The first-order valence-corrected chi connectivity index (χ1v) is 9.75. The molecule has 0 aliphatic heterocycles. The predicted octanol–water partition coefficient (Wildman–Crippen LogP) is 5.32. The molecular formula is C25H23NO2. The van der Waals surface area contributed by atoms with Crippen molar-refractivity contribution in [2.75, 3.05) is 12.4 Å². The summed E-state index contributed by atoms with van der Waals surface area (Å²) in [7, 11) is 1.64. The number of anilines is 1. The highest BCUT2D eigenvalue weighted by atomic mass is 16.5. The fourth-order valence-electron chi connectivity index (χ4n) is 5.14. The number of nitrogens with one attached hydrogen (secondary N) is 1. The van der Waals surface area contributed by atoms with Crippen LogP contribution in [0.2, 0.25) is 0 Å². The summed E-state index contributed by atoms with van der Waals surface area (Å²) in [6.07, 6.45) is 0.827. The third kappa shape index (κ3) is 2.39. The van der Waals surface area contributed by atoms with Gasteiger partial charge < -0.3 is 10.1 Å². The quantitative estimate of drug-likeness (QED) is 0.678. The molecule has 28 heavy (non-hydrogen) atoms. The minimum absolute atomic E-state index is 0.0724. The first-order valence-electron chi connectivity index (χ1n) is 9.75. The standard InChI is InChI=1S/C25H23NO2/c1-25(24(27)26-16-11-13-17(28-2)14-12-16)15-22-18-7-3-5-9-20(18)23(25)21-10-6-4-8-19(21)22/h3-14,22-23H,15H2,1-2H3,(H,26,27)/t22?,23?,25-/m1/s1. The molecule has 3 aromatic carbocycles. The van der Waals surface area contributed by atoms with Gasteiger partial charge in [0.15, 0.2) is 0 Å². The maximum Gasteiger partial charge on any atom is 0.231 e. The van der Waals surface area contributed by atoms with Gasteiger partial charge in [-0.1, -0.05) is 48.5 Å². The monoisotopic (exact) mass is 369 g/mol. The van der Waals surface area contributed by atoms with Crippen molar-refractivity contribution < 1.29 is 9.53 Å². The van der Waals surface area contributed by atoms with Crippen LogP contribution in [0.3, 0.4) is 0 Å². The Bertz CT molecular complexity index is 1010. The molecule has 3 aromatic rings. The number of methoxy groups -OCH3 is 1. The van der Waals surface area contributed by atoms with Crippen molar-refractivity contribution >= 4 is 11.6 Å². The summed E-state index contributed by atoms with van der Waals surface area (Å²) >= 11 is 0. The van der Waals surface area contributed by atoms with Crippen molar-refractivity contribution in [3.8, 4) is 5.75 Å². The molecule has 0 unspecified atom stereocenters. The van der Waals surface area contributed by atoms with Crippen molar-refractivity contribution in [1.82, 2.24) is 0 Å². The van der Waals surface area contributed by atoms with Crippen LogP contribution in [0.15, 0.2) is 72.8 Å². The predicted molar refractivity (Wildman–Crippen MR) is 111 cm³/mol. The molecule has 2 bridgehead atoms. The number of carbonyl (C=O) groups excluding carboxylic acids is 1. The van der Waals surface area contributed by atoms with Crippen LogP contribution in [0.5, 0.6) is 5.75 Å². The van der Waals surface area contributed by atoms with Gasteiger partial charge >= 0.3 is 0 Å². The van der Waals surface area contributed by atoms with Crippen LogP contribution in [0.1, 0.15) is 47.4 Å². The topological polar surface area (TPSA) is 38.3 Å². The van der Waals surface area contributed by atoms with E-state index in [0.29, 0.717) is 0 Å². The third-order valence-electron chi connectivity index (χ3n) is 6.50. The molecule has 0 aromatic heterocycles. The minimum Gasteiger partial charge on any atom is -0.497 e. The van der Waals surface area contributed by atoms with Gasteiger partial charge in [-0.2, -0.15) is 0 Å². The van der Waals surface area contributed by atoms with Crippen molar-refractivity contribution in [2.24, 2.45) is 5.41 Å². The van der Waals surface area contributed by atoms with E-state index in [9.17, 15) is 4.79 Å². The zero-order chi connectivity index (χ0) is 19.3. The van der Waals surface area contributed by atoms with E-state index in [-0.39, 0.29) is 17.7 Å². The lowest BCUT2D eigenvalue weighted by molar-refractivity contribution is -0.126. The first kappa shape index (κ1) is 17.1. The SMILES string of the molecule is COc1ccc(NC(=O)[C@]2(C)CC3c4ccccc4C2c2ccccc23)cc1. The van der Waals surface area contributed by atoms with Crippen LogP contribution in [0.25, 0.3) is 0 Å². The second-order valence-corrected chi connectivity index (χ2v) is 8.05. The maximum absolute atomic E-state index is 13.5. The van der Waals surface area contributed by atoms with Gasteiger partial charge in [0.25, 0.3) is 0 Å². The molecule has 0 saturated carbocycles. The Hall–Kier alpha value is -3.07. The fraction of sp³-hybridized carbons (Fsp3) is 0.240. The average molecular weight is 369 g/mol. The summed E-state index contributed by atoms with van der Waals surface area (Å²) in [6.45, 7) is 2.12. The summed E-state index contributed by atoms with van der Waals surface area (Å²) in [6, 6.07) is 24.8. The Morgan fingerprint density at radius 1 is 0.893 bits per heavy atom. The van der Waals surface area contributed by atoms with Crippen LogP contribution in [-0.4, -0.2) is 13.0 Å². The molecule has 3 aliphatic carbocycles. The lowest BCUT2D eigenvalue weighted by Crippen LogP contribution is -2.47. The van der Waals surface area contributed by atoms with Crippen LogP contribution in [0.4, 0.5) is 5.69 Å². The van der Waals surface area contributed by atoms with Gasteiger partial charge in [0, 0.05) is 17.5 Å². The molecule has 3 aliphatic rings. The normalized spacial score (nSPS) is 24.2. The van der Waals surface area contributed by atoms with Crippen molar-refractivity contribution in [2.45, 2.75) is 25.2 Å². The van der Waals surface area contributed by atoms with E-state index in [4.69, 9.17) is 4.74 Å². The van der Waals surface area contributed by atoms with E-state index in [0.717, 1.165) is 17.9 Å². The summed E-state index contributed by atoms with van der Waals surface area (Å²) in [5, 5.41) is 3.16. The summed E-state index contributed by atoms with van der Waals surface area (Å²) in [5.74, 6) is 1.20. The Balaban J connectivity index is 1.56. The van der Waals surface area contributed by atoms with E-state index in [1.165, 1.54) is 22.3 Å². The molecule has 0 heterocycles. The molecular weight excluding hydrogens is 346 g/mol. The van der Waals surface area contributed by atoms with Gasteiger partial charge in [0.1, 0.15) is 5.75 Å². The Kier molecular flexibility index (Phi) is 3.80. The molecule has 1 atom stereocenters. The van der Waals surface area contributed by atoms with Gasteiger partial charge in [-0.3, -0.25) is 4.79 Å². The highest BCUT2D eigenvalue weighted by Crippen LogP contribution is 2.61. The van der Waals surface area contributed by atoms with Crippen LogP contribution in [-0.2, 0) is 4.79 Å². The van der Waals surface area contributed by atoms with Crippen molar-refractivity contribution in [3.63, 3.8) is 0 Å². The molecule has 0 fully saturated rings. The van der Waals surface area contributed by atoms with E-state index in [1.54, 1.807) is 7.11 Å². The number of ether oxygens (including phenoxy) is 1. The molecule has 140 valence electrons. The zero-order valence-corrected chi connectivity index (χ0v) is 16.1. The smallest absolute Gasteiger partial charge is 0.231 e. The van der Waals surface area contributed by atoms with Gasteiger partial charge in [-0.15, -0.1) is 0 Å². The lowest BCUT2D eigenvalue weighted by atomic mass is 9.52. The van der Waals surface area contributed by atoms with Crippen LogP contribution >= 0.6 is 0 Å². The van der Waals surface area contributed by atoms with E-state index in [1.807, 2.05) is 24.3 Å². The summed E-state index contributed by atoms with van der Waals surface area (Å²) in [4.78, 5) is 13.5. The molecule has 0 spiro atoms. The molecule has 3 heteroatoms. The fourth-order valence-corrected chi connectivity index (χ4v) is 5.14. The molecule has 6 rings (SSSR count). The first-order chi connectivity index (χ1) is 13.6. The average Bonchev–Trinajstić information content (AvgIpc) is 2.74. The Labute approximate surface area is 165 Å². The largest absolute Gasteiger partial charge is 0.497 e. The minimum atomic E-state index is -0.493. The third-order valence-corrected chi connectivity index (χ3v) is 6.50. The number of benzene rings is 3. The maximum atomic E-state index is 13.5. The number of carbonyl (C=O) groups is 1. The number of amides is 1. The van der Waals surface area contributed by atoms with E-state index in [2.05, 4.69) is 60.8 Å². The zero-order valence-electron chi connectivity index (χ0n) is 16.1. The second kappa shape index (κ2) is 6.23. The van der Waals surface area contributed by atoms with Crippen LogP contribution < -0.4 is 10.1 Å². The van der Waals surface area contributed by atoms with Crippen molar-refractivity contribution in [1.29, 1.82) is 0 Å². The molecule has 3 nitrogen and oxygen atoms in total. The molecule has 0 radical (unpaired) electrons. The molecule has 1 amide bonds. The lowest BCUT2D eigenvalue weighted by Gasteiger charge is -2.50. The molecule has 0 saturated heterocycles. The Morgan fingerprint density at radius 2 is 1.43 bits per heavy atom. The number of rotatable bonds is 3. The highest BCUT2D eigenvalue weighted by Gasteiger charge is 2.53. The Morgan fingerprint density at radius 3 is 1.96 bits per heavy atom. The van der Waals surface area contributed by atoms with Crippen LogP contribution in [0, 0.1) is 5.41 Å². The van der Waals surface area contributed by atoms with E-state index < -0.39 is 5.41 Å². The molecule has 1 N–H and O–H groups in total. The van der Waals surface area contributed by atoms with Gasteiger partial charge in [-0.25, -0.2) is 0 Å². The summed E-state index contributed by atoms with van der Waals surface area (Å²) in [5.41, 5.74) is 5.65. The summed E-state index contributed by atoms with van der Waals surface area (Å²) < 4.78 is 5.22. The van der Waals surface area contributed by atoms with Crippen molar-refractivity contribution in [3.05, 3.63) is 95.1 Å². The second-order valence-electron chi connectivity index (χ2n) is 8.05. The van der Waals surface area contributed by atoms with Gasteiger partial charge in [0.05, 0.1) is 12.5 Å². The van der Waals surface area contributed by atoms with Gasteiger partial charge in [0.2, 0.25) is 5.91 Å².